The first-order valence-corrected chi connectivity index (χ1v) is 8.26. The Bertz CT molecular complexity index is 578. The summed E-state index contributed by atoms with van der Waals surface area (Å²) in [4.78, 5) is 14.4. The van der Waals surface area contributed by atoms with Gasteiger partial charge in [-0.05, 0) is 44.0 Å². The number of anilines is 2. The molecule has 3 rings (SSSR count). The SMILES string of the molecule is Cc1ccc2c(c1)NC(CO)N2CC(=O)C[C@H]1NCCC[C@@H]1O. The van der Waals surface area contributed by atoms with Crippen LogP contribution >= 0.6 is 0 Å². The van der Waals surface area contributed by atoms with Gasteiger partial charge in [0.15, 0.2) is 5.78 Å². The first-order chi connectivity index (χ1) is 11.1. The molecule has 4 N–H and O–H groups in total. The van der Waals surface area contributed by atoms with Gasteiger partial charge in [-0.1, -0.05) is 6.07 Å². The average Bonchev–Trinajstić information content (AvgIpc) is 2.86. The van der Waals surface area contributed by atoms with E-state index in [9.17, 15) is 15.0 Å². The predicted octanol–water partition coefficient (Wildman–Crippen LogP) is 0.617. The Morgan fingerprint density at radius 3 is 3.00 bits per heavy atom. The molecule has 0 amide bonds. The van der Waals surface area contributed by atoms with E-state index < -0.39 is 6.10 Å². The highest BCUT2D eigenvalue weighted by Gasteiger charge is 2.31. The van der Waals surface area contributed by atoms with Gasteiger partial charge in [0, 0.05) is 12.5 Å². The lowest BCUT2D eigenvalue weighted by Crippen LogP contribution is -2.48. The van der Waals surface area contributed by atoms with Gasteiger partial charge in [-0.25, -0.2) is 0 Å². The molecule has 2 heterocycles. The second kappa shape index (κ2) is 6.86. The summed E-state index contributed by atoms with van der Waals surface area (Å²) in [6.45, 7) is 3.03. The van der Waals surface area contributed by atoms with Gasteiger partial charge in [-0.15, -0.1) is 0 Å². The molecule has 1 aromatic rings. The van der Waals surface area contributed by atoms with Crippen LogP contribution in [-0.2, 0) is 4.79 Å². The van der Waals surface area contributed by atoms with Gasteiger partial charge < -0.3 is 25.7 Å². The average molecular weight is 319 g/mol. The van der Waals surface area contributed by atoms with Gasteiger partial charge in [0.2, 0.25) is 0 Å². The molecule has 1 fully saturated rings. The van der Waals surface area contributed by atoms with Crippen LogP contribution in [0.15, 0.2) is 18.2 Å². The van der Waals surface area contributed by atoms with Crippen molar-refractivity contribution in [2.45, 2.75) is 44.5 Å². The number of aliphatic hydroxyl groups is 2. The van der Waals surface area contributed by atoms with E-state index in [1.54, 1.807) is 0 Å². The number of rotatable bonds is 5. The number of benzene rings is 1. The van der Waals surface area contributed by atoms with E-state index in [0.717, 1.165) is 36.3 Å². The largest absolute Gasteiger partial charge is 0.392 e. The molecule has 23 heavy (non-hydrogen) atoms. The fourth-order valence-electron chi connectivity index (χ4n) is 3.42. The summed E-state index contributed by atoms with van der Waals surface area (Å²) in [6, 6.07) is 5.85. The van der Waals surface area contributed by atoms with Crippen molar-refractivity contribution in [2.24, 2.45) is 0 Å². The minimum Gasteiger partial charge on any atom is -0.392 e. The number of nitrogens with one attached hydrogen (secondary N) is 2. The van der Waals surface area contributed by atoms with Crippen molar-refractivity contribution < 1.29 is 15.0 Å². The van der Waals surface area contributed by atoms with Gasteiger partial charge in [0.25, 0.3) is 0 Å². The van der Waals surface area contributed by atoms with Crippen LogP contribution in [0, 0.1) is 6.92 Å². The van der Waals surface area contributed by atoms with E-state index in [4.69, 9.17) is 0 Å². The Labute approximate surface area is 136 Å². The minimum absolute atomic E-state index is 0.0642. The lowest BCUT2D eigenvalue weighted by molar-refractivity contribution is -0.119. The van der Waals surface area contributed by atoms with Gasteiger partial charge in [0.1, 0.15) is 6.17 Å². The van der Waals surface area contributed by atoms with Crippen LogP contribution in [0.5, 0.6) is 0 Å². The second-order valence-corrected chi connectivity index (χ2v) is 6.50. The smallest absolute Gasteiger partial charge is 0.153 e. The van der Waals surface area contributed by atoms with E-state index in [1.807, 2.05) is 30.0 Å². The summed E-state index contributed by atoms with van der Waals surface area (Å²) in [5.74, 6) is 0.0668. The number of ketones is 1. The topological polar surface area (TPSA) is 84.8 Å². The van der Waals surface area contributed by atoms with Crippen molar-refractivity contribution in [3.8, 4) is 0 Å². The molecule has 0 aromatic heterocycles. The van der Waals surface area contributed by atoms with Crippen molar-refractivity contribution in [3.63, 3.8) is 0 Å². The predicted molar refractivity (Wildman–Crippen MR) is 89.7 cm³/mol. The molecule has 126 valence electrons. The highest BCUT2D eigenvalue weighted by Crippen LogP contribution is 2.35. The molecule has 0 saturated carbocycles. The number of carbonyl (C=O) groups is 1. The van der Waals surface area contributed by atoms with Gasteiger partial charge >= 0.3 is 0 Å². The van der Waals surface area contributed by atoms with Crippen molar-refractivity contribution in [1.29, 1.82) is 0 Å². The Balaban J connectivity index is 1.67. The van der Waals surface area contributed by atoms with E-state index >= 15 is 0 Å². The van der Waals surface area contributed by atoms with Crippen LogP contribution in [0.4, 0.5) is 11.4 Å². The highest BCUT2D eigenvalue weighted by molar-refractivity contribution is 5.88. The van der Waals surface area contributed by atoms with Crippen LogP contribution in [0.3, 0.4) is 0 Å². The minimum atomic E-state index is -0.451. The molecule has 0 aliphatic carbocycles. The number of piperidine rings is 1. The standard InChI is InChI=1S/C17H25N3O3/c1-11-4-5-15-13(7-11)19-17(10-21)20(15)9-12(22)8-14-16(23)3-2-6-18-14/h4-5,7,14,16-19,21,23H,2-3,6,8-10H2,1H3/t14-,16+,17?/m1/s1. The first-order valence-electron chi connectivity index (χ1n) is 8.26. The van der Waals surface area contributed by atoms with E-state index in [0.29, 0.717) is 6.42 Å². The summed E-state index contributed by atoms with van der Waals surface area (Å²) in [7, 11) is 0. The maximum Gasteiger partial charge on any atom is 0.153 e. The fraction of sp³-hybridized carbons (Fsp3) is 0.588. The van der Waals surface area contributed by atoms with Crippen LogP contribution in [0.1, 0.15) is 24.8 Å². The van der Waals surface area contributed by atoms with Crippen LogP contribution in [0.2, 0.25) is 0 Å². The quantitative estimate of drug-likeness (QED) is 0.637. The lowest BCUT2D eigenvalue weighted by Gasteiger charge is -2.30. The zero-order valence-electron chi connectivity index (χ0n) is 13.5. The number of aryl methyl sites for hydroxylation is 1. The van der Waals surface area contributed by atoms with Crippen LogP contribution in [0.25, 0.3) is 0 Å². The molecule has 1 saturated heterocycles. The molecular weight excluding hydrogens is 294 g/mol. The van der Waals surface area contributed by atoms with Crippen LogP contribution < -0.4 is 15.5 Å². The Morgan fingerprint density at radius 2 is 2.26 bits per heavy atom. The van der Waals surface area contributed by atoms with E-state index in [-0.39, 0.29) is 31.1 Å². The Hall–Kier alpha value is -1.63. The van der Waals surface area contributed by atoms with Gasteiger partial charge in [-0.2, -0.15) is 0 Å². The number of hydrogen-bond acceptors (Lipinski definition) is 6. The monoisotopic (exact) mass is 319 g/mol. The number of hydrogen-bond donors (Lipinski definition) is 4. The third-order valence-corrected chi connectivity index (χ3v) is 4.67. The van der Waals surface area contributed by atoms with Crippen molar-refractivity contribution in [3.05, 3.63) is 23.8 Å². The van der Waals surface area contributed by atoms with Crippen molar-refractivity contribution in [1.82, 2.24) is 5.32 Å². The molecule has 3 atom stereocenters. The summed E-state index contributed by atoms with van der Waals surface area (Å²) >= 11 is 0. The first kappa shape index (κ1) is 16.2. The second-order valence-electron chi connectivity index (χ2n) is 6.50. The van der Waals surface area contributed by atoms with Crippen molar-refractivity contribution in [2.75, 3.05) is 29.9 Å². The lowest BCUT2D eigenvalue weighted by atomic mass is 9.96. The van der Waals surface area contributed by atoms with Gasteiger partial charge in [0.05, 0.1) is 30.6 Å². The molecule has 0 spiro atoms. The summed E-state index contributed by atoms with van der Waals surface area (Å²) in [6.07, 6.45) is 1.28. The normalized spacial score (nSPS) is 26.7. The molecular formula is C17H25N3O3. The molecule has 0 radical (unpaired) electrons. The number of fused-ring (bicyclic) bond motifs is 1. The Kier molecular flexibility index (Phi) is 4.84. The fourth-order valence-corrected chi connectivity index (χ4v) is 3.42. The maximum absolute atomic E-state index is 12.4. The number of Topliss-reactive ketones (excluding diaryl/α,β-unsaturated/α-hetero) is 1. The number of nitrogens with zero attached hydrogens (tertiary/aromatic N) is 1. The molecule has 1 unspecified atom stereocenters. The summed E-state index contributed by atoms with van der Waals surface area (Å²) in [5, 5.41) is 26.0. The molecule has 2 aliphatic rings. The summed E-state index contributed by atoms with van der Waals surface area (Å²) in [5.41, 5.74) is 3.03. The maximum atomic E-state index is 12.4. The number of aliphatic hydroxyl groups excluding tert-OH is 2. The van der Waals surface area contributed by atoms with E-state index in [2.05, 4.69) is 10.6 Å². The van der Waals surface area contributed by atoms with Gasteiger partial charge in [-0.3, -0.25) is 4.79 Å². The third kappa shape index (κ3) is 3.49. The zero-order chi connectivity index (χ0) is 16.4. The number of carbonyl (C=O) groups excluding carboxylic acids is 1. The van der Waals surface area contributed by atoms with Crippen LogP contribution in [-0.4, -0.2) is 54.0 Å². The van der Waals surface area contributed by atoms with E-state index in [1.165, 1.54) is 0 Å². The Morgan fingerprint density at radius 1 is 1.43 bits per heavy atom. The molecule has 6 heteroatoms. The molecule has 2 aliphatic heterocycles. The van der Waals surface area contributed by atoms with Crippen molar-refractivity contribution >= 4 is 17.2 Å². The zero-order valence-corrected chi connectivity index (χ0v) is 13.5. The molecule has 1 aromatic carbocycles. The molecule has 6 nitrogen and oxygen atoms in total. The highest BCUT2D eigenvalue weighted by atomic mass is 16.3. The summed E-state index contributed by atoms with van der Waals surface area (Å²) < 4.78 is 0. The molecule has 0 bridgehead atoms. The third-order valence-electron chi connectivity index (χ3n) is 4.67.